The zero-order valence-corrected chi connectivity index (χ0v) is 13.1. The third-order valence-electron chi connectivity index (χ3n) is 3.20. The summed E-state index contributed by atoms with van der Waals surface area (Å²) in [7, 11) is 0. The molecule has 1 heterocycles. The minimum atomic E-state index is -0.200. The fraction of sp³-hybridized carbons (Fsp3) is 0.188. The van der Waals surface area contributed by atoms with Crippen molar-refractivity contribution in [1.82, 2.24) is 5.32 Å². The molecule has 0 aromatic heterocycles. The first kappa shape index (κ1) is 15.0. The normalized spacial score (nSPS) is 12.8. The highest BCUT2D eigenvalue weighted by molar-refractivity contribution is 6.32. The summed E-state index contributed by atoms with van der Waals surface area (Å²) in [5, 5.41) is 3.82. The summed E-state index contributed by atoms with van der Waals surface area (Å²) in [6, 6.07) is 10.4. The highest BCUT2D eigenvalue weighted by atomic mass is 35.5. The monoisotopic (exact) mass is 337 g/mol. The number of hydrogen-bond acceptors (Lipinski definition) is 3. The Labute approximate surface area is 137 Å². The third kappa shape index (κ3) is 3.29. The topological polar surface area (TPSA) is 47.6 Å². The number of fused-ring (bicyclic) bond motifs is 1. The first-order chi connectivity index (χ1) is 10.6. The summed E-state index contributed by atoms with van der Waals surface area (Å²) < 4.78 is 11.0. The van der Waals surface area contributed by atoms with Gasteiger partial charge in [-0.05, 0) is 35.9 Å². The van der Waals surface area contributed by atoms with Crippen LogP contribution in [0.25, 0.3) is 0 Å². The van der Waals surface area contributed by atoms with Crippen LogP contribution in [0.1, 0.15) is 15.9 Å². The van der Waals surface area contributed by atoms with Crippen LogP contribution in [0.2, 0.25) is 10.0 Å². The van der Waals surface area contributed by atoms with Crippen LogP contribution in [0.15, 0.2) is 36.4 Å². The fourth-order valence-electron chi connectivity index (χ4n) is 2.18. The van der Waals surface area contributed by atoms with Crippen molar-refractivity contribution in [3.05, 3.63) is 57.6 Å². The van der Waals surface area contributed by atoms with E-state index in [1.54, 1.807) is 30.3 Å². The van der Waals surface area contributed by atoms with Gasteiger partial charge >= 0.3 is 0 Å². The van der Waals surface area contributed by atoms with Gasteiger partial charge in [0.25, 0.3) is 5.91 Å². The van der Waals surface area contributed by atoms with Crippen molar-refractivity contribution in [1.29, 1.82) is 0 Å². The molecule has 0 aliphatic carbocycles. The molecule has 1 aliphatic rings. The second kappa shape index (κ2) is 6.46. The van der Waals surface area contributed by atoms with Gasteiger partial charge in [-0.2, -0.15) is 0 Å². The Morgan fingerprint density at radius 3 is 2.77 bits per heavy atom. The molecule has 4 nitrogen and oxygen atoms in total. The zero-order chi connectivity index (χ0) is 15.5. The smallest absolute Gasteiger partial charge is 0.251 e. The summed E-state index contributed by atoms with van der Waals surface area (Å²) in [5.74, 6) is 0.956. The molecule has 0 saturated heterocycles. The van der Waals surface area contributed by atoms with E-state index in [1.807, 2.05) is 6.07 Å². The molecule has 6 heteroatoms. The lowest BCUT2D eigenvalue weighted by Gasteiger charge is -2.20. The van der Waals surface area contributed by atoms with Gasteiger partial charge in [0.05, 0.1) is 5.02 Å². The molecule has 0 atom stereocenters. The van der Waals surface area contributed by atoms with Crippen molar-refractivity contribution >= 4 is 29.1 Å². The van der Waals surface area contributed by atoms with Gasteiger partial charge < -0.3 is 14.8 Å². The van der Waals surface area contributed by atoms with E-state index in [-0.39, 0.29) is 5.91 Å². The summed E-state index contributed by atoms with van der Waals surface area (Å²) in [5.41, 5.74) is 1.35. The Balaban J connectivity index is 1.71. The molecule has 114 valence electrons. The lowest BCUT2D eigenvalue weighted by Crippen LogP contribution is -2.23. The number of rotatable bonds is 3. The fourth-order valence-corrected chi connectivity index (χ4v) is 2.66. The second-order valence-corrected chi connectivity index (χ2v) is 5.64. The largest absolute Gasteiger partial charge is 0.486 e. The Kier molecular flexibility index (Phi) is 4.41. The molecule has 2 aromatic carbocycles. The van der Waals surface area contributed by atoms with E-state index in [9.17, 15) is 4.79 Å². The van der Waals surface area contributed by atoms with Gasteiger partial charge in [-0.3, -0.25) is 4.79 Å². The molecule has 1 amide bonds. The van der Waals surface area contributed by atoms with E-state index in [0.29, 0.717) is 46.9 Å². The van der Waals surface area contributed by atoms with Crippen LogP contribution < -0.4 is 14.8 Å². The molecule has 0 saturated carbocycles. The van der Waals surface area contributed by atoms with E-state index >= 15 is 0 Å². The number of ether oxygens (including phenoxy) is 2. The lowest BCUT2D eigenvalue weighted by molar-refractivity contribution is 0.0951. The summed E-state index contributed by atoms with van der Waals surface area (Å²) in [6.07, 6.45) is 0. The van der Waals surface area contributed by atoms with Gasteiger partial charge in [-0.25, -0.2) is 0 Å². The molecule has 0 fully saturated rings. The molecular formula is C16H13Cl2NO3. The number of carbonyl (C=O) groups is 1. The number of benzene rings is 2. The minimum Gasteiger partial charge on any atom is -0.486 e. The summed E-state index contributed by atoms with van der Waals surface area (Å²) in [6.45, 7) is 1.31. The van der Waals surface area contributed by atoms with Crippen molar-refractivity contribution < 1.29 is 14.3 Å². The van der Waals surface area contributed by atoms with Crippen molar-refractivity contribution in [2.24, 2.45) is 0 Å². The highest BCUT2D eigenvalue weighted by Crippen LogP contribution is 2.38. The SMILES string of the molecule is O=C(NCc1cc(Cl)c2c(c1)OCCO2)c1cccc(Cl)c1. The van der Waals surface area contributed by atoms with Gasteiger partial charge in [-0.15, -0.1) is 0 Å². The Bertz CT molecular complexity index is 719. The van der Waals surface area contributed by atoms with Crippen LogP contribution in [0.4, 0.5) is 0 Å². The van der Waals surface area contributed by atoms with Crippen molar-refractivity contribution in [2.75, 3.05) is 13.2 Å². The maximum Gasteiger partial charge on any atom is 0.251 e. The molecule has 0 spiro atoms. The maximum atomic E-state index is 12.1. The average molecular weight is 338 g/mol. The van der Waals surface area contributed by atoms with E-state index in [1.165, 1.54) is 0 Å². The van der Waals surface area contributed by atoms with Crippen molar-refractivity contribution in [3.63, 3.8) is 0 Å². The van der Waals surface area contributed by atoms with E-state index in [0.717, 1.165) is 5.56 Å². The molecule has 0 unspecified atom stereocenters. The second-order valence-electron chi connectivity index (χ2n) is 4.79. The molecule has 1 N–H and O–H groups in total. The van der Waals surface area contributed by atoms with Gasteiger partial charge in [0.2, 0.25) is 0 Å². The predicted octanol–water partition coefficient (Wildman–Crippen LogP) is 3.69. The van der Waals surface area contributed by atoms with Crippen molar-refractivity contribution in [2.45, 2.75) is 6.54 Å². The van der Waals surface area contributed by atoms with Crippen molar-refractivity contribution in [3.8, 4) is 11.5 Å². The van der Waals surface area contributed by atoms with E-state index in [2.05, 4.69) is 5.32 Å². The maximum absolute atomic E-state index is 12.1. The highest BCUT2D eigenvalue weighted by Gasteiger charge is 2.17. The zero-order valence-electron chi connectivity index (χ0n) is 11.6. The van der Waals surface area contributed by atoms with Crippen LogP contribution >= 0.6 is 23.2 Å². The lowest BCUT2D eigenvalue weighted by atomic mass is 10.1. The predicted molar refractivity (Wildman–Crippen MR) is 85.1 cm³/mol. The van der Waals surface area contributed by atoms with Crippen LogP contribution in [-0.4, -0.2) is 19.1 Å². The van der Waals surface area contributed by atoms with Gasteiger partial charge in [0.1, 0.15) is 13.2 Å². The Morgan fingerprint density at radius 2 is 1.95 bits per heavy atom. The summed E-state index contributed by atoms with van der Waals surface area (Å²) >= 11 is 12.0. The molecule has 3 rings (SSSR count). The molecule has 22 heavy (non-hydrogen) atoms. The van der Waals surface area contributed by atoms with Crippen LogP contribution in [0.3, 0.4) is 0 Å². The van der Waals surface area contributed by atoms with E-state index < -0.39 is 0 Å². The number of carbonyl (C=O) groups excluding carboxylic acids is 1. The van der Waals surface area contributed by atoms with Crippen LogP contribution in [0, 0.1) is 0 Å². The van der Waals surface area contributed by atoms with Gasteiger partial charge in [-0.1, -0.05) is 29.3 Å². The number of nitrogens with one attached hydrogen (secondary N) is 1. The molecule has 0 radical (unpaired) electrons. The number of halogens is 2. The minimum absolute atomic E-state index is 0.200. The average Bonchev–Trinajstić information content (AvgIpc) is 2.53. The standard InChI is InChI=1S/C16H13Cl2NO3/c17-12-3-1-2-11(8-12)16(20)19-9-10-6-13(18)15-14(7-10)21-4-5-22-15/h1-3,6-8H,4-5,9H2,(H,19,20). The number of hydrogen-bond donors (Lipinski definition) is 1. The molecule has 2 aromatic rings. The van der Waals surface area contributed by atoms with Crippen LogP contribution in [0.5, 0.6) is 11.5 Å². The summed E-state index contributed by atoms with van der Waals surface area (Å²) in [4.78, 5) is 12.1. The Hall–Kier alpha value is -1.91. The van der Waals surface area contributed by atoms with Gasteiger partial charge in [0, 0.05) is 17.1 Å². The van der Waals surface area contributed by atoms with Gasteiger partial charge in [0.15, 0.2) is 11.5 Å². The third-order valence-corrected chi connectivity index (χ3v) is 3.71. The Morgan fingerprint density at radius 1 is 1.14 bits per heavy atom. The number of amides is 1. The molecule has 1 aliphatic heterocycles. The molecule has 0 bridgehead atoms. The first-order valence-electron chi connectivity index (χ1n) is 6.75. The molecular weight excluding hydrogens is 325 g/mol. The first-order valence-corrected chi connectivity index (χ1v) is 7.51. The van der Waals surface area contributed by atoms with E-state index in [4.69, 9.17) is 32.7 Å². The quantitative estimate of drug-likeness (QED) is 0.928. The van der Waals surface area contributed by atoms with Crippen LogP contribution in [-0.2, 0) is 6.54 Å².